The Morgan fingerprint density at radius 3 is 2.47 bits per heavy atom. The van der Waals surface area contributed by atoms with Gasteiger partial charge in [-0.2, -0.15) is 13.2 Å². The molecule has 0 N–H and O–H groups in total. The van der Waals surface area contributed by atoms with Crippen LogP contribution in [0.5, 0.6) is 17.4 Å². The molecule has 0 saturated carbocycles. The number of pyridine rings is 2. The van der Waals surface area contributed by atoms with Crippen molar-refractivity contribution in [1.29, 1.82) is 0 Å². The molecule has 0 aliphatic heterocycles. The number of alkyl halides is 3. The van der Waals surface area contributed by atoms with Crippen LogP contribution in [0.2, 0.25) is 0 Å². The summed E-state index contributed by atoms with van der Waals surface area (Å²) in [6, 6.07) is 11.4. The lowest BCUT2D eigenvalue weighted by atomic mass is 10.1. The molecule has 156 valence electrons. The third-order valence-electron chi connectivity index (χ3n) is 4.05. The van der Waals surface area contributed by atoms with E-state index in [4.69, 9.17) is 9.47 Å². The van der Waals surface area contributed by atoms with Gasteiger partial charge in [0, 0.05) is 12.3 Å². The molecule has 30 heavy (non-hydrogen) atoms. The van der Waals surface area contributed by atoms with Crippen LogP contribution in [0.25, 0.3) is 0 Å². The highest BCUT2D eigenvalue weighted by molar-refractivity contribution is 5.89. The third kappa shape index (κ3) is 5.05. The van der Waals surface area contributed by atoms with Crippen molar-refractivity contribution in [3.63, 3.8) is 0 Å². The average molecular weight is 418 g/mol. The van der Waals surface area contributed by atoms with Crippen LogP contribution >= 0.6 is 0 Å². The Labute approximate surface area is 170 Å². The number of hydrogen-bond acceptors (Lipinski definition) is 6. The number of halogens is 3. The number of aromatic nitrogens is 2. The van der Waals surface area contributed by atoms with Gasteiger partial charge in [0.2, 0.25) is 5.88 Å². The van der Waals surface area contributed by atoms with Crippen LogP contribution in [0, 0.1) is 0 Å². The normalized spacial score (nSPS) is 12.2. The standard InChI is InChI=1S/C21H17F3N2O4/c1-13(17-8-7-15(12-26-17)30-19-5-3-4-10-25-19)29-18-9-6-14(20(27)28-2)11-16(18)21(22,23)24/h3-13H,1-2H3/t13-/m1/s1. The summed E-state index contributed by atoms with van der Waals surface area (Å²) < 4.78 is 55.8. The van der Waals surface area contributed by atoms with Gasteiger partial charge in [-0.1, -0.05) is 6.07 Å². The molecule has 3 aromatic rings. The van der Waals surface area contributed by atoms with Gasteiger partial charge in [0.15, 0.2) is 0 Å². The van der Waals surface area contributed by atoms with Crippen molar-refractivity contribution < 1.29 is 32.2 Å². The van der Waals surface area contributed by atoms with Crippen molar-refractivity contribution >= 4 is 5.97 Å². The Morgan fingerprint density at radius 2 is 1.87 bits per heavy atom. The van der Waals surface area contributed by atoms with Crippen LogP contribution < -0.4 is 9.47 Å². The summed E-state index contributed by atoms with van der Waals surface area (Å²) in [5.74, 6) is -0.483. The highest BCUT2D eigenvalue weighted by atomic mass is 19.4. The van der Waals surface area contributed by atoms with E-state index in [-0.39, 0.29) is 5.56 Å². The van der Waals surface area contributed by atoms with Crippen molar-refractivity contribution in [2.75, 3.05) is 7.11 Å². The molecule has 2 heterocycles. The Balaban J connectivity index is 1.78. The second-order valence-corrected chi connectivity index (χ2v) is 6.15. The second kappa shape index (κ2) is 8.81. The van der Waals surface area contributed by atoms with Gasteiger partial charge in [-0.25, -0.2) is 9.78 Å². The molecule has 0 saturated heterocycles. The van der Waals surface area contributed by atoms with Gasteiger partial charge in [0.1, 0.15) is 17.6 Å². The molecule has 0 bridgehead atoms. The van der Waals surface area contributed by atoms with E-state index >= 15 is 0 Å². The fourth-order valence-electron chi connectivity index (χ4n) is 2.57. The van der Waals surface area contributed by atoms with Crippen molar-refractivity contribution in [3.05, 3.63) is 77.7 Å². The monoisotopic (exact) mass is 418 g/mol. The number of rotatable bonds is 6. The lowest BCUT2D eigenvalue weighted by Crippen LogP contribution is -2.13. The summed E-state index contributed by atoms with van der Waals surface area (Å²) >= 11 is 0. The molecule has 6 nitrogen and oxygen atoms in total. The van der Waals surface area contributed by atoms with Gasteiger partial charge >= 0.3 is 12.1 Å². The Kier molecular flexibility index (Phi) is 6.20. The van der Waals surface area contributed by atoms with E-state index < -0.39 is 29.6 Å². The molecule has 1 aromatic carbocycles. The maximum absolute atomic E-state index is 13.4. The summed E-state index contributed by atoms with van der Waals surface area (Å²) in [6.07, 6.45) is -2.50. The van der Waals surface area contributed by atoms with Crippen LogP contribution in [0.1, 0.15) is 34.6 Å². The number of carbonyl (C=O) groups is 1. The fraction of sp³-hybridized carbons (Fsp3) is 0.190. The smallest absolute Gasteiger partial charge is 0.419 e. The topological polar surface area (TPSA) is 70.5 Å². The van der Waals surface area contributed by atoms with E-state index in [0.717, 1.165) is 13.2 Å². The van der Waals surface area contributed by atoms with E-state index in [1.54, 1.807) is 43.5 Å². The van der Waals surface area contributed by atoms with E-state index in [0.29, 0.717) is 23.4 Å². The Hall–Kier alpha value is -3.62. The second-order valence-electron chi connectivity index (χ2n) is 6.15. The lowest BCUT2D eigenvalue weighted by Gasteiger charge is -2.19. The minimum atomic E-state index is -4.72. The highest BCUT2D eigenvalue weighted by Crippen LogP contribution is 2.38. The molecule has 0 aliphatic carbocycles. The van der Waals surface area contributed by atoms with E-state index in [1.165, 1.54) is 12.3 Å². The summed E-state index contributed by atoms with van der Waals surface area (Å²) in [6.45, 7) is 1.57. The van der Waals surface area contributed by atoms with Gasteiger partial charge in [0.25, 0.3) is 0 Å². The van der Waals surface area contributed by atoms with E-state index in [2.05, 4.69) is 14.7 Å². The van der Waals surface area contributed by atoms with Gasteiger partial charge in [-0.3, -0.25) is 4.98 Å². The van der Waals surface area contributed by atoms with Gasteiger partial charge in [0.05, 0.1) is 30.1 Å². The summed E-state index contributed by atoms with van der Waals surface area (Å²) in [5.41, 5.74) is -0.903. The van der Waals surface area contributed by atoms with Crippen LogP contribution in [-0.4, -0.2) is 23.0 Å². The molecule has 0 aliphatic rings. The maximum atomic E-state index is 13.4. The Morgan fingerprint density at radius 1 is 1.07 bits per heavy atom. The predicted octanol–water partition coefficient (Wildman–Crippen LogP) is 5.21. The average Bonchev–Trinajstić information content (AvgIpc) is 2.74. The van der Waals surface area contributed by atoms with Crippen LogP contribution in [0.4, 0.5) is 13.2 Å². The minimum absolute atomic E-state index is 0.223. The predicted molar refractivity (Wildman–Crippen MR) is 100 cm³/mol. The van der Waals surface area contributed by atoms with Gasteiger partial charge < -0.3 is 14.2 Å². The Bertz CT molecular complexity index is 1010. The maximum Gasteiger partial charge on any atom is 0.419 e. The largest absolute Gasteiger partial charge is 0.484 e. The molecule has 0 radical (unpaired) electrons. The molecule has 0 amide bonds. The zero-order chi connectivity index (χ0) is 21.7. The zero-order valence-corrected chi connectivity index (χ0v) is 16.0. The summed E-state index contributed by atoms with van der Waals surface area (Å²) in [7, 11) is 1.09. The first-order valence-corrected chi connectivity index (χ1v) is 8.79. The highest BCUT2D eigenvalue weighted by Gasteiger charge is 2.36. The van der Waals surface area contributed by atoms with Gasteiger partial charge in [-0.05, 0) is 43.3 Å². The van der Waals surface area contributed by atoms with Crippen molar-refractivity contribution in [2.24, 2.45) is 0 Å². The molecule has 0 unspecified atom stereocenters. The molecule has 0 spiro atoms. The summed E-state index contributed by atoms with van der Waals surface area (Å²) in [4.78, 5) is 19.8. The number of methoxy groups -OCH3 is 1. The van der Waals surface area contributed by atoms with E-state index in [9.17, 15) is 18.0 Å². The van der Waals surface area contributed by atoms with E-state index in [1.807, 2.05) is 0 Å². The number of esters is 1. The number of nitrogens with zero attached hydrogens (tertiary/aromatic N) is 2. The molecule has 3 rings (SSSR count). The molecule has 0 fully saturated rings. The molecule has 9 heteroatoms. The fourth-order valence-corrected chi connectivity index (χ4v) is 2.57. The lowest BCUT2D eigenvalue weighted by molar-refractivity contribution is -0.139. The number of benzene rings is 1. The third-order valence-corrected chi connectivity index (χ3v) is 4.05. The van der Waals surface area contributed by atoms with Crippen molar-refractivity contribution in [1.82, 2.24) is 9.97 Å². The minimum Gasteiger partial charge on any atom is -0.484 e. The van der Waals surface area contributed by atoms with Crippen molar-refractivity contribution in [3.8, 4) is 17.4 Å². The first kappa shape index (κ1) is 21.1. The number of hydrogen-bond donors (Lipinski definition) is 0. The SMILES string of the molecule is COC(=O)c1ccc(O[C@H](C)c2ccc(Oc3ccccn3)cn2)c(C(F)(F)F)c1. The number of carbonyl (C=O) groups excluding carboxylic acids is 1. The molecule has 2 aromatic heterocycles. The quantitative estimate of drug-likeness (QED) is 0.512. The van der Waals surface area contributed by atoms with Crippen molar-refractivity contribution in [2.45, 2.75) is 19.2 Å². The first-order chi connectivity index (χ1) is 14.3. The van der Waals surface area contributed by atoms with Crippen LogP contribution in [-0.2, 0) is 10.9 Å². The van der Waals surface area contributed by atoms with Gasteiger partial charge in [-0.15, -0.1) is 0 Å². The first-order valence-electron chi connectivity index (χ1n) is 8.79. The molecule has 1 atom stereocenters. The van der Waals surface area contributed by atoms with Crippen LogP contribution in [0.3, 0.4) is 0 Å². The van der Waals surface area contributed by atoms with Crippen LogP contribution in [0.15, 0.2) is 60.9 Å². The molecular formula is C21H17F3N2O4. The molecular weight excluding hydrogens is 401 g/mol. The zero-order valence-electron chi connectivity index (χ0n) is 16.0. The number of ether oxygens (including phenoxy) is 3. The summed E-state index contributed by atoms with van der Waals surface area (Å²) in [5, 5.41) is 0.